The number of nitrogens with one attached hydrogen (secondary N) is 2. The van der Waals surface area contributed by atoms with E-state index < -0.39 is 66.4 Å². The van der Waals surface area contributed by atoms with E-state index in [9.17, 15) is 37.8 Å². The number of nitrogens with zero attached hydrogens (tertiary/aromatic N) is 5. The first-order chi connectivity index (χ1) is 20.9. The third-order valence-corrected chi connectivity index (χ3v) is 10.5. The van der Waals surface area contributed by atoms with Crippen molar-refractivity contribution in [3.63, 3.8) is 0 Å². The average molecular weight is 680 g/mol. The van der Waals surface area contributed by atoms with Crippen LogP contribution < -0.4 is 10.6 Å². The van der Waals surface area contributed by atoms with Gasteiger partial charge in [0.1, 0.15) is 28.9 Å². The molecule has 44 heavy (non-hydrogen) atoms. The number of aromatic nitrogens is 4. The summed E-state index contributed by atoms with van der Waals surface area (Å²) < 4.78 is 25.0. The van der Waals surface area contributed by atoms with Gasteiger partial charge in [0.25, 0.3) is 20.9 Å². The highest BCUT2D eigenvalue weighted by Crippen LogP contribution is 2.41. The van der Waals surface area contributed by atoms with E-state index in [1.807, 2.05) is 0 Å². The summed E-state index contributed by atoms with van der Waals surface area (Å²) in [4.78, 5) is 52.8. The second-order valence-corrected chi connectivity index (χ2v) is 14.1. The number of aryl methyl sites for hydroxylation is 1. The molecule has 2 aliphatic heterocycles. The van der Waals surface area contributed by atoms with E-state index in [2.05, 4.69) is 26.2 Å². The summed E-state index contributed by atoms with van der Waals surface area (Å²) in [7, 11) is 2.79. The van der Waals surface area contributed by atoms with Gasteiger partial charge in [-0.2, -0.15) is 0 Å². The van der Waals surface area contributed by atoms with Crippen molar-refractivity contribution in [2.45, 2.75) is 27.5 Å². The first-order valence-electron chi connectivity index (χ1n) is 12.6. The number of amides is 3. The lowest BCUT2D eigenvalue weighted by molar-refractivity contribution is -0.151. The van der Waals surface area contributed by atoms with Gasteiger partial charge in [-0.05, 0) is 39.8 Å². The molecule has 0 spiro atoms. The maximum Gasteiger partial charge on any atom is 0.352 e. The summed E-state index contributed by atoms with van der Waals surface area (Å²) >= 11 is 2.48. The highest BCUT2D eigenvalue weighted by Gasteiger charge is 2.54. The van der Waals surface area contributed by atoms with Gasteiger partial charge >= 0.3 is 5.97 Å². The number of tetrazole rings is 1. The topological polar surface area (TPSA) is 214 Å². The molecule has 1 unspecified atom stereocenters. The smallest absolute Gasteiger partial charge is 0.352 e. The molecule has 0 saturated carbocycles. The number of thioether (sulfide) groups is 2. The number of β-lactam (4-membered cyclic amide) rings is 1. The predicted molar refractivity (Wildman–Crippen MR) is 157 cm³/mol. The molecule has 19 heteroatoms. The maximum absolute atomic E-state index is 13.6. The molecule has 15 nitrogen and oxygen atoms in total. The van der Waals surface area contributed by atoms with Crippen LogP contribution in [0.25, 0.3) is 0 Å². The Balaban J connectivity index is 1.35. The summed E-state index contributed by atoms with van der Waals surface area (Å²) in [6, 6.07) is 8.42. The van der Waals surface area contributed by atoms with Gasteiger partial charge in [-0.1, -0.05) is 42.1 Å². The molecule has 0 radical (unpaired) electrons. The number of carbonyl (C=O) groups is 4. The van der Waals surface area contributed by atoms with Crippen molar-refractivity contribution in [1.82, 2.24) is 35.7 Å². The van der Waals surface area contributed by atoms with E-state index in [4.69, 9.17) is 10.7 Å². The van der Waals surface area contributed by atoms with Crippen molar-refractivity contribution in [2.75, 3.05) is 11.5 Å². The number of hydrogen-bond acceptors (Lipinski definition) is 12. The second kappa shape index (κ2) is 12.5. The lowest BCUT2D eigenvalue weighted by atomic mass is 10.0. The molecule has 2 aromatic carbocycles. The van der Waals surface area contributed by atoms with E-state index in [1.165, 1.54) is 28.2 Å². The SMILES string of the molecule is Cn1nnnc1SCC1=C(C(=O)O)N2C(=O)C(NC(=O)[C@@H](NC(=O)c3cc(S(=O)(=O)Cl)ccc3O)c3ccccc3)[C@@H]2SC1. The van der Waals surface area contributed by atoms with Gasteiger partial charge < -0.3 is 20.8 Å². The van der Waals surface area contributed by atoms with Crippen LogP contribution in [0.1, 0.15) is 22.0 Å². The second-order valence-electron chi connectivity index (χ2n) is 9.46. The minimum atomic E-state index is -4.23. The summed E-state index contributed by atoms with van der Waals surface area (Å²) in [5, 5.41) is 36.2. The number of hydrogen-bond donors (Lipinski definition) is 4. The number of rotatable bonds is 10. The molecule has 4 N–H and O–H groups in total. The third kappa shape index (κ3) is 6.23. The summed E-state index contributed by atoms with van der Waals surface area (Å²) in [5.74, 6) is -3.79. The summed E-state index contributed by atoms with van der Waals surface area (Å²) in [6.45, 7) is 0. The van der Waals surface area contributed by atoms with Crippen LogP contribution in [-0.2, 0) is 30.5 Å². The predicted octanol–water partition coefficient (Wildman–Crippen LogP) is 0.845. The Morgan fingerprint density at radius 1 is 1.20 bits per heavy atom. The molecule has 0 bridgehead atoms. The van der Waals surface area contributed by atoms with Crippen LogP contribution in [0, 0.1) is 0 Å². The molecule has 3 amide bonds. The van der Waals surface area contributed by atoms with Crippen LogP contribution in [0.15, 0.2) is 69.9 Å². The van der Waals surface area contributed by atoms with Crippen LogP contribution in [0.2, 0.25) is 0 Å². The Bertz CT molecular complexity index is 1800. The molecule has 3 aromatic rings. The maximum atomic E-state index is 13.6. The van der Waals surface area contributed by atoms with Crippen molar-refractivity contribution >= 4 is 66.9 Å². The zero-order valence-corrected chi connectivity index (χ0v) is 25.7. The fourth-order valence-corrected chi connectivity index (χ4v) is 7.64. The molecule has 0 aliphatic carbocycles. The zero-order valence-electron chi connectivity index (χ0n) is 22.4. The van der Waals surface area contributed by atoms with Crippen LogP contribution in [0.4, 0.5) is 0 Å². The van der Waals surface area contributed by atoms with Crippen LogP contribution in [-0.4, -0.2) is 90.4 Å². The number of phenolic OH excluding ortho intramolecular Hbond substituents is 1. The zero-order chi connectivity index (χ0) is 31.8. The largest absolute Gasteiger partial charge is 0.507 e. The Hall–Kier alpha value is -4.13. The normalized spacial score (nSPS) is 18.7. The monoisotopic (exact) mass is 679 g/mol. The average Bonchev–Trinajstić information content (AvgIpc) is 3.40. The van der Waals surface area contributed by atoms with Gasteiger partial charge in [-0.25, -0.2) is 17.9 Å². The van der Waals surface area contributed by atoms with Crippen LogP contribution in [0.5, 0.6) is 5.75 Å². The van der Waals surface area contributed by atoms with Crippen molar-refractivity contribution in [1.29, 1.82) is 0 Å². The van der Waals surface area contributed by atoms with Crippen molar-refractivity contribution in [3.8, 4) is 5.75 Å². The highest BCUT2D eigenvalue weighted by atomic mass is 35.7. The molecule has 1 saturated heterocycles. The van der Waals surface area contributed by atoms with E-state index in [0.29, 0.717) is 16.3 Å². The molecule has 2 aliphatic rings. The number of aliphatic carboxylic acids is 1. The minimum absolute atomic E-state index is 0.176. The number of carboxylic acids is 1. The van der Waals surface area contributed by atoms with Crippen molar-refractivity contribution in [2.24, 2.45) is 7.05 Å². The number of benzene rings is 2. The number of aromatic hydroxyl groups is 1. The number of carboxylic acid groups (broad SMARTS) is 1. The lowest BCUT2D eigenvalue weighted by Gasteiger charge is -2.49. The Morgan fingerprint density at radius 3 is 2.57 bits per heavy atom. The van der Waals surface area contributed by atoms with Crippen molar-refractivity contribution in [3.05, 3.63) is 70.9 Å². The number of fused-ring (bicyclic) bond motifs is 1. The number of phenols is 1. The van der Waals surface area contributed by atoms with Gasteiger partial charge in [0, 0.05) is 29.2 Å². The molecule has 3 heterocycles. The summed E-state index contributed by atoms with van der Waals surface area (Å²) in [6.07, 6.45) is 0. The first kappa shape index (κ1) is 31.3. The van der Waals surface area contributed by atoms with Gasteiger partial charge in [-0.3, -0.25) is 19.3 Å². The third-order valence-electron chi connectivity index (χ3n) is 6.67. The Labute approximate surface area is 262 Å². The number of halogens is 1. The van der Waals surface area contributed by atoms with Gasteiger partial charge in [0.05, 0.1) is 10.5 Å². The Morgan fingerprint density at radius 2 is 1.93 bits per heavy atom. The summed E-state index contributed by atoms with van der Waals surface area (Å²) in [5.41, 5.74) is 0.181. The fourth-order valence-electron chi connectivity index (χ4n) is 4.53. The van der Waals surface area contributed by atoms with Crippen LogP contribution in [0.3, 0.4) is 0 Å². The molecular weight excluding hydrogens is 658 g/mol. The lowest BCUT2D eigenvalue weighted by Crippen LogP contribution is -2.71. The minimum Gasteiger partial charge on any atom is -0.507 e. The van der Waals surface area contributed by atoms with Gasteiger partial charge in [0.15, 0.2) is 0 Å². The van der Waals surface area contributed by atoms with Gasteiger partial charge in [0.2, 0.25) is 11.1 Å². The molecule has 3 atom stereocenters. The molecular formula is C25H22ClN7O8S3. The molecule has 1 fully saturated rings. The molecule has 5 rings (SSSR count). The van der Waals surface area contributed by atoms with E-state index >= 15 is 0 Å². The Kier molecular flexibility index (Phi) is 8.87. The van der Waals surface area contributed by atoms with E-state index in [-0.39, 0.29) is 17.2 Å². The van der Waals surface area contributed by atoms with Crippen LogP contribution >= 0.6 is 34.2 Å². The first-order valence-corrected chi connectivity index (χ1v) is 16.9. The fraction of sp³-hybridized carbons (Fsp3) is 0.240. The molecule has 230 valence electrons. The number of carbonyl (C=O) groups excluding carboxylic acids is 3. The highest BCUT2D eigenvalue weighted by molar-refractivity contribution is 8.13. The van der Waals surface area contributed by atoms with Gasteiger partial charge in [-0.15, -0.1) is 16.9 Å². The molecule has 1 aromatic heterocycles. The standard InChI is InChI=1S/C25H22ClN7O8S3/c1-32-25(29-30-31-32)43-11-13-10-42-23-18(22(37)33(23)19(13)24(38)39)28-21(36)17(12-5-3-2-4-6-12)27-20(35)15-9-14(44(26,40)41)7-8-16(15)34/h2-9,17-18,23,34H,10-11H2,1H3,(H,27,35)(H,28,36)(H,38,39)/t17-,18?,23-/m0/s1. The quantitative estimate of drug-likeness (QED) is 0.133. The van der Waals surface area contributed by atoms with E-state index in [1.54, 1.807) is 37.4 Å². The van der Waals surface area contributed by atoms with E-state index in [0.717, 1.165) is 23.1 Å². The van der Waals surface area contributed by atoms with Crippen molar-refractivity contribution < 1.29 is 37.8 Å².